The van der Waals surface area contributed by atoms with Crippen molar-refractivity contribution in [2.75, 3.05) is 7.11 Å². The number of ether oxygens (including phenoxy) is 1. The first kappa shape index (κ1) is 15.7. The second-order valence-corrected chi connectivity index (χ2v) is 5.31. The van der Waals surface area contributed by atoms with Crippen LogP contribution in [0.5, 0.6) is 0 Å². The van der Waals surface area contributed by atoms with Crippen molar-refractivity contribution in [2.45, 2.75) is 0 Å². The Kier molecular flexibility index (Phi) is 4.52. The van der Waals surface area contributed by atoms with Gasteiger partial charge in [0.1, 0.15) is 0 Å². The summed E-state index contributed by atoms with van der Waals surface area (Å²) < 4.78 is 4.67. The molecule has 0 saturated heterocycles. The molecule has 0 N–H and O–H groups in total. The van der Waals surface area contributed by atoms with Gasteiger partial charge in [0.05, 0.1) is 7.11 Å². The topological polar surface area (TPSA) is 43.4 Å². The maximum atomic E-state index is 11.5. The molecule has 118 valence electrons. The van der Waals surface area contributed by atoms with Crippen LogP contribution in [0, 0.1) is 0 Å². The third-order valence-electron chi connectivity index (χ3n) is 3.92. The predicted octanol–water partition coefficient (Wildman–Crippen LogP) is 4.51. The van der Waals surface area contributed by atoms with Crippen molar-refractivity contribution in [3.63, 3.8) is 0 Å². The minimum Gasteiger partial charge on any atom is -0.466 e. The smallest absolute Gasteiger partial charge is 0.330 e. The molecular formula is C21H16O3. The zero-order valence-electron chi connectivity index (χ0n) is 13.2. The molecule has 24 heavy (non-hydrogen) atoms. The summed E-state index contributed by atoms with van der Waals surface area (Å²) in [5, 5.41) is 2.10. The average molecular weight is 316 g/mol. The average Bonchev–Trinajstić information content (AvgIpc) is 2.65. The maximum Gasteiger partial charge on any atom is 0.330 e. The Balaban J connectivity index is 2.31. The van der Waals surface area contributed by atoms with Crippen LogP contribution >= 0.6 is 0 Å². The standard InChI is InChI=1S/C21H16O3/c1-24-20(23)13-12-16-11-10-15-6-2-4-8-18(15)21(16)19-9-5-3-7-17(19)14-22/h2-14H,1H3/b13-12+. The molecule has 0 aliphatic rings. The molecule has 0 saturated carbocycles. The number of esters is 1. The number of rotatable bonds is 4. The molecule has 0 radical (unpaired) electrons. The lowest BCUT2D eigenvalue weighted by atomic mass is 9.90. The molecule has 0 unspecified atom stereocenters. The first-order valence-corrected chi connectivity index (χ1v) is 7.57. The van der Waals surface area contributed by atoms with E-state index in [0.717, 1.165) is 33.7 Å². The van der Waals surface area contributed by atoms with Crippen LogP contribution in [0.15, 0.2) is 66.7 Å². The molecular weight excluding hydrogens is 300 g/mol. The molecule has 0 spiro atoms. The molecule has 3 aromatic rings. The number of carbonyl (C=O) groups is 2. The Morgan fingerprint density at radius 2 is 1.67 bits per heavy atom. The zero-order valence-corrected chi connectivity index (χ0v) is 13.2. The van der Waals surface area contributed by atoms with Crippen molar-refractivity contribution in [1.82, 2.24) is 0 Å². The first-order chi connectivity index (χ1) is 11.7. The fraction of sp³-hybridized carbons (Fsp3) is 0.0476. The van der Waals surface area contributed by atoms with Crippen LogP contribution in [-0.4, -0.2) is 19.4 Å². The first-order valence-electron chi connectivity index (χ1n) is 7.57. The summed E-state index contributed by atoms with van der Waals surface area (Å²) in [6, 6.07) is 19.4. The van der Waals surface area contributed by atoms with Crippen molar-refractivity contribution in [3.8, 4) is 11.1 Å². The van der Waals surface area contributed by atoms with E-state index in [-0.39, 0.29) is 0 Å². The molecule has 0 aliphatic heterocycles. The molecule has 0 bridgehead atoms. The van der Waals surface area contributed by atoms with Crippen molar-refractivity contribution >= 4 is 29.1 Å². The second kappa shape index (κ2) is 6.92. The number of carbonyl (C=O) groups excluding carboxylic acids is 2. The van der Waals surface area contributed by atoms with E-state index in [0.29, 0.717) is 5.56 Å². The number of fused-ring (bicyclic) bond motifs is 1. The Bertz CT molecular complexity index is 939. The van der Waals surface area contributed by atoms with Gasteiger partial charge in [-0.15, -0.1) is 0 Å². The summed E-state index contributed by atoms with van der Waals surface area (Å²) >= 11 is 0. The molecule has 3 heteroatoms. The molecule has 3 nitrogen and oxygen atoms in total. The molecule has 3 rings (SSSR count). The zero-order chi connectivity index (χ0) is 16.9. The third-order valence-corrected chi connectivity index (χ3v) is 3.92. The Morgan fingerprint density at radius 1 is 0.917 bits per heavy atom. The minimum atomic E-state index is -0.419. The number of aldehydes is 1. The van der Waals surface area contributed by atoms with E-state index >= 15 is 0 Å². The van der Waals surface area contributed by atoms with Crippen LogP contribution in [-0.2, 0) is 9.53 Å². The summed E-state index contributed by atoms with van der Waals surface area (Å²) in [5.74, 6) is -0.419. The summed E-state index contributed by atoms with van der Waals surface area (Å²) in [7, 11) is 1.34. The number of benzene rings is 3. The summed E-state index contributed by atoms with van der Waals surface area (Å²) in [6.07, 6.45) is 3.96. The monoisotopic (exact) mass is 316 g/mol. The Morgan fingerprint density at radius 3 is 2.46 bits per heavy atom. The predicted molar refractivity (Wildman–Crippen MR) is 95.8 cm³/mol. The van der Waals surface area contributed by atoms with Gasteiger partial charge in [0.2, 0.25) is 0 Å². The van der Waals surface area contributed by atoms with Gasteiger partial charge in [0, 0.05) is 11.6 Å². The Hall–Kier alpha value is -3.20. The molecule has 0 heterocycles. The van der Waals surface area contributed by atoms with Crippen LogP contribution in [0.25, 0.3) is 28.0 Å². The maximum absolute atomic E-state index is 11.5. The number of hydrogen-bond donors (Lipinski definition) is 0. The fourth-order valence-corrected chi connectivity index (χ4v) is 2.78. The largest absolute Gasteiger partial charge is 0.466 e. The van der Waals surface area contributed by atoms with Crippen LogP contribution in [0.1, 0.15) is 15.9 Å². The lowest BCUT2D eigenvalue weighted by Gasteiger charge is -2.13. The second-order valence-electron chi connectivity index (χ2n) is 5.31. The number of hydrogen-bond acceptors (Lipinski definition) is 3. The van der Waals surface area contributed by atoms with E-state index in [9.17, 15) is 9.59 Å². The van der Waals surface area contributed by atoms with Gasteiger partial charge in [0.15, 0.2) is 6.29 Å². The normalized spacial score (nSPS) is 10.9. The van der Waals surface area contributed by atoms with Crippen molar-refractivity contribution < 1.29 is 14.3 Å². The fourth-order valence-electron chi connectivity index (χ4n) is 2.78. The van der Waals surface area contributed by atoms with Gasteiger partial charge >= 0.3 is 5.97 Å². The van der Waals surface area contributed by atoms with E-state index in [1.165, 1.54) is 13.2 Å². The summed E-state index contributed by atoms with van der Waals surface area (Å²) in [6.45, 7) is 0. The highest BCUT2D eigenvalue weighted by Gasteiger charge is 2.12. The Labute approximate surface area is 140 Å². The van der Waals surface area contributed by atoms with Crippen LogP contribution in [0.3, 0.4) is 0 Å². The molecule has 0 aromatic heterocycles. The van der Waals surface area contributed by atoms with Gasteiger partial charge in [-0.2, -0.15) is 0 Å². The minimum absolute atomic E-state index is 0.419. The third kappa shape index (κ3) is 2.97. The quantitative estimate of drug-likeness (QED) is 0.404. The van der Waals surface area contributed by atoms with Gasteiger partial charge in [-0.05, 0) is 33.5 Å². The van der Waals surface area contributed by atoms with Gasteiger partial charge in [-0.1, -0.05) is 60.7 Å². The van der Waals surface area contributed by atoms with E-state index in [2.05, 4.69) is 4.74 Å². The lowest BCUT2D eigenvalue weighted by molar-refractivity contribution is -0.134. The highest BCUT2D eigenvalue weighted by Crippen LogP contribution is 2.34. The van der Waals surface area contributed by atoms with Crippen molar-refractivity contribution in [2.24, 2.45) is 0 Å². The highest BCUT2D eigenvalue weighted by molar-refractivity contribution is 6.05. The molecule has 0 amide bonds. The molecule has 3 aromatic carbocycles. The molecule has 0 atom stereocenters. The SMILES string of the molecule is COC(=O)/C=C/c1ccc2ccccc2c1-c1ccccc1C=O. The molecule has 0 aliphatic carbocycles. The lowest BCUT2D eigenvalue weighted by Crippen LogP contribution is -1.95. The van der Waals surface area contributed by atoms with Gasteiger partial charge in [-0.3, -0.25) is 4.79 Å². The van der Waals surface area contributed by atoms with Gasteiger partial charge in [0.25, 0.3) is 0 Å². The van der Waals surface area contributed by atoms with Crippen LogP contribution in [0.2, 0.25) is 0 Å². The number of methoxy groups -OCH3 is 1. The van der Waals surface area contributed by atoms with Gasteiger partial charge in [-0.25, -0.2) is 4.79 Å². The highest BCUT2D eigenvalue weighted by atomic mass is 16.5. The van der Waals surface area contributed by atoms with Gasteiger partial charge < -0.3 is 4.74 Å². The van der Waals surface area contributed by atoms with Crippen molar-refractivity contribution in [1.29, 1.82) is 0 Å². The van der Waals surface area contributed by atoms with E-state index < -0.39 is 5.97 Å². The van der Waals surface area contributed by atoms with E-state index in [1.54, 1.807) is 12.1 Å². The van der Waals surface area contributed by atoms with Crippen LogP contribution in [0.4, 0.5) is 0 Å². The van der Waals surface area contributed by atoms with E-state index in [4.69, 9.17) is 0 Å². The van der Waals surface area contributed by atoms with Crippen molar-refractivity contribution in [3.05, 3.63) is 77.9 Å². The summed E-state index contributed by atoms with van der Waals surface area (Å²) in [5.41, 5.74) is 3.24. The summed E-state index contributed by atoms with van der Waals surface area (Å²) in [4.78, 5) is 22.9. The van der Waals surface area contributed by atoms with Crippen LogP contribution < -0.4 is 0 Å². The molecule has 0 fully saturated rings. The van der Waals surface area contributed by atoms with E-state index in [1.807, 2.05) is 54.6 Å².